The topological polar surface area (TPSA) is 57.4 Å². The van der Waals surface area contributed by atoms with Crippen LogP contribution in [0.15, 0.2) is 78.9 Å². The molecule has 0 unspecified atom stereocenters. The molecule has 0 saturated heterocycles. The van der Waals surface area contributed by atoms with Crippen LogP contribution in [0.25, 0.3) is 90.9 Å². The number of hydrogen-bond donors (Lipinski definition) is 2. The number of aryl methyl sites for hydroxylation is 11. The molecule has 0 aliphatic carbocycles. The quantitative estimate of drug-likeness (QED) is 0.187. The lowest BCUT2D eigenvalue weighted by Gasteiger charge is -2.14. The number of H-pyrrole nitrogens is 2. The van der Waals surface area contributed by atoms with Crippen LogP contribution in [0.4, 0.5) is 0 Å². The van der Waals surface area contributed by atoms with E-state index in [1.54, 1.807) is 0 Å². The normalized spacial score (nSPS) is 12.2. The first-order valence-corrected chi connectivity index (χ1v) is 20.7. The Kier molecular flexibility index (Phi) is 9.27. The standard InChI is InChI=1S/C55H52N4/c1-29-12-13-40(33(5)22-29)52-41-14-16-43(56-41)53(49-34(6)23-30(2)24-35(49)7)45-18-20-47(58-45)55(51-38(10)27-32(4)28-39(51)11)48-21-19-46(59-48)54(44-17-15-42(52)57-44)50-36(8)25-31(3)26-37(50)9/h12-28,56,59H,1-11H3. The van der Waals surface area contributed by atoms with Crippen molar-refractivity contribution < 1.29 is 0 Å². The molecule has 0 saturated carbocycles. The largest absolute Gasteiger partial charge is 0.354 e. The molecule has 4 nitrogen and oxygen atoms in total. The highest BCUT2D eigenvalue weighted by molar-refractivity contribution is 6.01. The van der Waals surface area contributed by atoms with Crippen molar-refractivity contribution in [3.05, 3.63) is 163 Å². The molecule has 4 aromatic carbocycles. The average molecular weight is 769 g/mol. The molecule has 8 bridgehead atoms. The maximum atomic E-state index is 5.62. The number of aromatic amines is 2. The maximum absolute atomic E-state index is 5.62. The molecule has 0 atom stereocenters. The molecule has 9 rings (SSSR count). The van der Waals surface area contributed by atoms with Crippen LogP contribution in [0.1, 0.15) is 84.0 Å². The maximum Gasteiger partial charge on any atom is 0.0737 e. The molecule has 2 aliphatic heterocycles. The van der Waals surface area contributed by atoms with Crippen LogP contribution < -0.4 is 0 Å². The minimum Gasteiger partial charge on any atom is -0.354 e. The van der Waals surface area contributed by atoms with Crippen molar-refractivity contribution in [2.75, 3.05) is 0 Å². The van der Waals surface area contributed by atoms with Crippen molar-refractivity contribution in [3.63, 3.8) is 0 Å². The van der Waals surface area contributed by atoms with Gasteiger partial charge in [0.05, 0.1) is 22.8 Å². The Bertz CT molecular complexity index is 3030. The van der Waals surface area contributed by atoms with E-state index in [0.717, 1.165) is 72.7 Å². The molecule has 4 heteroatoms. The Labute approximate surface area is 348 Å². The van der Waals surface area contributed by atoms with Crippen LogP contribution >= 0.6 is 0 Å². The van der Waals surface area contributed by atoms with Crippen LogP contribution in [-0.2, 0) is 0 Å². The van der Waals surface area contributed by atoms with Gasteiger partial charge in [-0.3, -0.25) is 0 Å². The summed E-state index contributed by atoms with van der Waals surface area (Å²) in [5.41, 5.74) is 30.4. The Hall–Kier alpha value is -6.52. The van der Waals surface area contributed by atoms with Gasteiger partial charge in [-0.25, -0.2) is 9.97 Å². The summed E-state index contributed by atoms with van der Waals surface area (Å²) in [6.45, 7) is 24.2. The molecule has 7 aromatic rings. The monoisotopic (exact) mass is 768 g/mol. The van der Waals surface area contributed by atoms with Crippen LogP contribution in [-0.4, -0.2) is 19.9 Å². The molecule has 5 heterocycles. The van der Waals surface area contributed by atoms with Crippen LogP contribution in [0, 0.1) is 76.2 Å². The number of hydrogen-bond acceptors (Lipinski definition) is 2. The smallest absolute Gasteiger partial charge is 0.0737 e. The Morgan fingerprint density at radius 2 is 0.576 bits per heavy atom. The van der Waals surface area contributed by atoms with E-state index < -0.39 is 0 Å². The number of fused-ring (bicyclic) bond motifs is 8. The third-order valence-corrected chi connectivity index (χ3v) is 12.2. The number of aromatic nitrogens is 4. The lowest BCUT2D eigenvalue weighted by molar-refractivity contribution is 1.27. The summed E-state index contributed by atoms with van der Waals surface area (Å²) in [6, 6.07) is 29.4. The lowest BCUT2D eigenvalue weighted by Crippen LogP contribution is -1.96. The van der Waals surface area contributed by atoms with E-state index in [1.807, 2.05) is 0 Å². The molecule has 3 aromatic heterocycles. The predicted molar refractivity (Wildman–Crippen MR) is 253 cm³/mol. The van der Waals surface area contributed by atoms with Crippen molar-refractivity contribution in [2.45, 2.75) is 76.2 Å². The van der Waals surface area contributed by atoms with Crippen LogP contribution in [0.2, 0.25) is 0 Å². The van der Waals surface area contributed by atoms with Crippen molar-refractivity contribution in [2.24, 2.45) is 0 Å². The van der Waals surface area contributed by atoms with Gasteiger partial charge in [0.1, 0.15) is 0 Å². The summed E-state index contributed by atoms with van der Waals surface area (Å²) in [7, 11) is 0. The summed E-state index contributed by atoms with van der Waals surface area (Å²) in [6.07, 6.45) is 8.82. The van der Waals surface area contributed by atoms with Gasteiger partial charge in [0.25, 0.3) is 0 Å². The lowest BCUT2D eigenvalue weighted by atomic mass is 9.92. The van der Waals surface area contributed by atoms with E-state index in [0.29, 0.717) is 0 Å². The summed E-state index contributed by atoms with van der Waals surface area (Å²) >= 11 is 0. The minimum atomic E-state index is 0.926. The Balaban J connectivity index is 1.53. The van der Waals surface area contributed by atoms with Gasteiger partial charge >= 0.3 is 0 Å². The van der Waals surface area contributed by atoms with Crippen molar-refractivity contribution in [3.8, 4) is 44.5 Å². The fourth-order valence-electron chi connectivity index (χ4n) is 10.1. The zero-order valence-electron chi connectivity index (χ0n) is 36.2. The molecule has 59 heavy (non-hydrogen) atoms. The predicted octanol–water partition coefficient (Wildman–Crippen LogP) is 14.7. The number of rotatable bonds is 4. The molecule has 0 radical (unpaired) electrons. The second-order valence-corrected chi connectivity index (χ2v) is 17.1. The SMILES string of the molecule is Cc1ccc(-c2c3nc(c(-c4c(C)cc(C)cc4C)c4ccc([nH]4)c(-c4c(C)cc(C)cc4C)c4nc(c(-c5c(C)cc(C)cc5C)c5ccc2[nH]5)C=C4)C=C3)c(C)c1. The van der Waals surface area contributed by atoms with E-state index in [-0.39, 0.29) is 0 Å². The number of benzene rings is 4. The first kappa shape index (κ1) is 38.0. The summed E-state index contributed by atoms with van der Waals surface area (Å²) < 4.78 is 0. The molecule has 2 N–H and O–H groups in total. The van der Waals surface area contributed by atoms with E-state index >= 15 is 0 Å². The molecule has 0 amide bonds. The highest BCUT2D eigenvalue weighted by Gasteiger charge is 2.23. The molecular formula is C55H52N4. The first-order valence-electron chi connectivity index (χ1n) is 20.7. The van der Waals surface area contributed by atoms with Gasteiger partial charge < -0.3 is 9.97 Å². The number of nitrogens with one attached hydrogen (secondary N) is 2. The molecule has 292 valence electrons. The average Bonchev–Trinajstić information content (AvgIpc) is 3.99. The third kappa shape index (κ3) is 6.57. The van der Waals surface area contributed by atoms with Crippen molar-refractivity contribution in [1.29, 1.82) is 0 Å². The number of nitrogens with zero attached hydrogens (tertiary/aromatic N) is 2. The van der Waals surface area contributed by atoms with Crippen LogP contribution in [0.3, 0.4) is 0 Å². The van der Waals surface area contributed by atoms with E-state index in [2.05, 4.69) is 189 Å². The Morgan fingerprint density at radius 3 is 0.898 bits per heavy atom. The van der Waals surface area contributed by atoms with Gasteiger partial charge in [0.2, 0.25) is 0 Å². The van der Waals surface area contributed by atoms with Crippen molar-refractivity contribution >= 4 is 46.4 Å². The second kappa shape index (κ2) is 14.4. The molecule has 0 spiro atoms. The van der Waals surface area contributed by atoms with E-state index in [9.17, 15) is 0 Å². The minimum absolute atomic E-state index is 0.926. The summed E-state index contributed by atoms with van der Waals surface area (Å²) in [4.78, 5) is 19.2. The first-order chi connectivity index (χ1) is 28.2. The van der Waals surface area contributed by atoms with E-state index in [4.69, 9.17) is 9.97 Å². The van der Waals surface area contributed by atoms with Gasteiger partial charge in [-0.05, 0) is 186 Å². The summed E-state index contributed by atoms with van der Waals surface area (Å²) in [5.74, 6) is 0. The van der Waals surface area contributed by atoms with Gasteiger partial charge in [-0.15, -0.1) is 0 Å². The van der Waals surface area contributed by atoms with Gasteiger partial charge in [-0.2, -0.15) is 0 Å². The van der Waals surface area contributed by atoms with E-state index in [1.165, 1.54) is 77.9 Å². The Morgan fingerprint density at radius 1 is 0.288 bits per heavy atom. The third-order valence-electron chi connectivity index (χ3n) is 12.2. The highest BCUT2D eigenvalue weighted by Crippen LogP contribution is 2.42. The van der Waals surface area contributed by atoms with Gasteiger partial charge in [0, 0.05) is 44.3 Å². The van der Waals surface area contributed by atoms with Gasteiger partial charge in [0.15, 0.2) is 0 Å². The molecule has 2 aliphatic rings. The second-order valence-electron chi connectivity index (χ2n) is 17.1. The van der Waals surface area contributed by atoms with Crippen LogP contribution in [0.5, 0.6) is 0 Å². The molecule has 0 fully saturated rings. The highest BCUT2D eigenvalue weighted by atomic mass is 14.8. The zero-order valence-corrected chi connectivity index (χ0v) is 36.2. The van der Waals surface area contributed by atoms with Gasteiger partial charge in [-0.1, -0.05) is 76.9 Å². The fraction of sp³-hybridized carbons (Fsp3) is 0.200. The molecular weight excluding hydrogens is 717 g/mol. The van der Waals surface area contributed by atoms with Crippen molar-refractivity contribution in [1.82, 2.24) is 19.9 Å². The fourth-order valence-corrected chi connectivity index (χ4v) is 10.1. The summed E-state index contributed by atoms with van der Waals surface area (Å²) in [5, 5.41) is 0. The zero-order chi connectivity index (χ0) is 41.4.